The summed E-state index contributed by atoms with van der Waals surface area (Å²) in [4.78, 5) is 0.791. The molecule has 0 aliphatic heterocycles. The Morgan fingerprint density at radius 1 is 0.895 bits per heavy atom. The van der Waals surface area contributed by atoms with Crippen molar-refractivity contribution in [1.82, 2.24) is 0 Å². The zero-order valence-corrected chi connectivity index (χ0v) is 13.3. The summed E-state index contributed by atoms with van der Waals surface area (Å²) in [6.07, 6.45) is 11.1. The second kappa shape index (κ2) is 9.30. The van der Waals surface area contributed by atoms with E-state index in [0.29, 0.717) is 5.75 Å². The predicted molar refractivity (Wildman–Crippen MR) is 86.4 cm³/mol. The van der Waals surface area contributed by atoms with Gasteiger partial charge < -0.3 is 5.11 Å². The van der Waals surface area contributed by atoms with Crippen molar-refractivity contribution >= 4 is 12.6 Å². The lowest BCUT2D eigenvalue weighted by molar-refractivity contribution is 0.460. The van der Waals surface area contributed by atoms with Crippen molar-refractivity contribution in [3.63, 3.8) is 0 Å². The Morgan fingerprint density at radius 2 is 1.58 bits per heavy atom. The van der Waals surface area contributed by atoms with E-state index in [4.69, 9.17) is 0 Å². The first kappa shape index (κ1) is 16.4. The summed E-state index contributed by atoms with van der Waals surface area (Å²) in [5.41, 5.74) is 2.62. The first-order valence-electron chi connectivity index (χ1n) is 7.73. The van der Waals surface area contributed by atoms with Gasteiger partial charge in [0.15, 0.2) is 0 Å². The van der Waals surface area contributed by atoms with Crippen LogP contribution < -0.4 is 0 Å². The fraction of sp³-hybridized carbons (Fsp3) is 0.647. The molecule has 1 aromatic rings. The number of benzene rings is 1. The van der Waals surface area contributed by atoms with Crippen molar-refractivity contribution in [2.75, 3.05) is 0 Å². The van der Waals surface area contributed by atoms with Crippen LogP contribution in [0.15, 0.2) is 17.0 Å². The second-order valence-corrected chi connectivity index (χ2v) is 5.79. The van der Waals surface area contributed by atoms with Crippen molar-refractivity contribution in [2.24, 2.45) is 0 Å². The van der Waals surface area contributed by atoms with Crippen LogP contribution in [-0.4, -0.2) is 5.11 Å². The quantitative estimate of drug-likeness (QED) is 0.450. The molecule has 108 valence electrons. The van der Waals surface area contributed by atoms with E-state index in [1.54, 1.807) is 6.07 Å². The number of aryl methyl sites for hydroxylation is 1. The van der Waals surface area contributed by atoms with Gasteiger partial charge in [-0.1, -0.05) is 58.4 Å². The molecule has 0 saturated heterocycles. The number of rotatable bonds is 9. The Balaban J connectivity index is 2.53. The fourth-order valence-electron chi connectivity index (χ4n) is 2.53. The molecule has 19 heavy (non-hydrogen) atoms. The average molecular weight is 280 g/mol. The van der Waals surface area contributed by atoms with Crippen LogP contribution >= 0.6 is 12.6 Å². The molecule has 0 unspecified atom stereocenters. The highest BCUT2D eigenvalue weighted by atomic mass is 32.1. The van der Waals surface area contributed by atoms with Crippen molar-refractivity contribution in [3.05, 3.63) is 23.3 Å². The van der Waals surface area contributed by atoms with Gasteiger partial charge in [0.25, 0.3) is 0 Å². The Bertz CT molecular complexity index is 374. The first-order chi connectivity index (χ1) is 9.20. The van der Waals surface area contributed by atoms with E-state index in [2.05, 4.69) is 32.5 Å². The summed E-state index contributed by atoms with van der Waals surface area (Å²) in [6.45, 7) is 4.44. The summed E-state index contributed by atoms with van der Waals surface area (Å²) in [6, 6.07) is 3.84. The van der Waals surface area contributed by atoms with Gasteiger partial charge in [0.05, 0.1) is 0 Å². The van der Waals surface area contributed by atoms with Crippen LogP contribution in [-0.2, 0) is 12.8 Å². The second-order valence-electron chi connectivity index (χ2n) is 5.34. The Labute approximate surface area is 123 Å². The van der Waals surface area contributed by atoms with E-state index in [-0.39, 0.29) is 0 Å². The molecule has 1 aromatic carbocycles. The lowest BCUT2D eigenvalue weighted by atomic mass is 9.97. The van der Waals surface area contributed by atoms with Crippen LogP contribution in [0.1, 0.15) is 69.9 Å². The maximum Gasteiger partial charge on any atom is 0.129 e. The highest BCUT2D eigenvalue weighted by Crippen LogP contribution is 2.30. The van der Waals surface area contributed by atoms with Crippen LogP contribution in [0.25, 0.3) is 0 Å². The summed E-state index contributed by atoms with van der Waals surface area (Å²) in [5.74, 6) is 0.323. The topological polar surface area (TPSA) is 20.2 Å². The molecule has 0 spiro atoms. The molecule has 1 N–H and O–H groups in total. The largest absolute Gasteiger partial charge is 0.507 e. The third kappa shape index (κ3) is 5.48. The van der Waals surface area contributed by atoms with Gasteiger partial charge in [-0.05, 0) is 36.5 Å². The third-order valence-electron chi connectivity index (χ3n) is 3.66. The number of unbranched alkanes of at least 4 members (excludes halogenated alkanes) is 5. The summed E-state index contributed by atoms with van der Waals surface area (Å²) >= 11 is 4.48. The van der Waals surface area contributed by atoms with E-state index in [1.807, 2.05) is 0 Å². The van der Waals surface area contributed by atoms with Crippen LogP contribution in [0.4, 0.5) is 0 Å². The molecule has 0 bridgehead atoms. The predicted octanol–water partition coefficient (Wildman–Crippen LogP) is 5.54. The number of hydrogen-bond acceptors (Lipinski definition) is 2. The van der Waals surface area contributed by atoms with Gasteiger partial charge in [0.1, 0.15) is 5.75 Å². The fourth-order valence-corrected chi connectivity index (χ4v) is 2.86. The molecule has 0 amide bonds. The third-order valence-corrected chi connectivity index (χ3v) is 4.16. The standard InChI is InChI=1S/C17H28OS/c1-3-5-6-7-8-9-11-15-14(10-4-2)12-13-16(18)17(15)19/h12-13,18-19H,3-11H2,1-2H3. The van der Waals surface area contributed by atoms with Gasteiger partial charge in [-0.2, -0.15) is 0 Å². The molecule has 0 heterocycles. The van der Waals surface area contributed by atoms with Gasteiger partial charge in [0.2, 0.25) is 0 Å². The van der Waals surface area contributed by atoms with Crippen molar-refractivity contribution in [2.45, 2.75) is 76.5 Å². The number of thiol groups is 1. The van der Waals surface area contributed by atoms with Gasteiger partial charge in [0, 0.05) is 4.90 Å². The van der Waals surface area contributed by atoms with Gasteiger partial charge >= 0.3 is 0 Å². The zero-order valence-electron chi connectivity index (χ0n) is 12.4. The molecular formula is C17H28OS. The molecule has 0 aliphatic rings. The van der Waals surface area contributed by atoms with Crippen molar-refractivity contribution in [1.29, 1.82) is 0 Å². The van der Waals surface area contributed by atoms with E-state index >= 15 is 0 Å². The first-order valence-corrected chi connectivity index (χ1v) is 8.18. The smallest absolute Gasteiger partial charge is 0.129 e. The van der Waals surface area contributed by atoms with Crippen LogP contribution in [0, 0.1) is 0 Å². The molecule has 2 heteroatoms. The summed E-state index contributed by atoms with van der Waals surface area (Å²) in [5, 5.41) is 9.79. The molecule has 0 aromatic heterocycles. The molecule has 0 radical (unpaired) electrons. The van der Waals surface area contributed by atoms with Crippen molar-refractivity contribution in [3.8, 4) is 5.75 Å². The minimum absolute atomic E-state index is 0.323. The average Bonchev–Trinajstić information content (AvgIpc) is 2.41. The van der Waals surface area contributed by atoms with Gasteiger partial charge in [-0.25, -0.2) is 0 Å². The monoisotopic (exact) mass is 280 g/mol. The SMILES string of the molecule is CCCCCCCCc1c(CCC)ccc(O)c1S. The molecule has 1 rings (SSSR count). The van der Waals surface area contributed by atoms with E-state index in [9.17, 15) is 5.11 Å². The van der Waals surface area contributed by atoms with E-state index in [1.165, 1.54) is 49.7 Å². The van der Waals surface area contributed by atoms with Gasteiger partial charge in [-0.15, -0.1) is 12.6 Å². The van der Waals surface area contributed by atoms with Crippen LogP contribution in [0.5, 0.6) is 5.75 Å². The Hall–Kier alpha value is -0.630. The summed E-state index contributed by atoms with van der Waals surface area (Å²) in [7, 11) is 0. The van der Waals surface area contributed by atoms with Crippen LogP contribution in [0.2, 0.25) is 0 Å². The lowest BCUT2D eigenvalue weighted by Crippen LogP contribution is -1.97. The maximum atomic E-state index is 9.79. The molecule has 0 fully saturated rings. The number of phenolic OH excluding ortho intramolecular Hbond substituents is 1. The van der Waals surface area contributed by atoms with Gasteiger partial charge in [-0.3, -0.25) is 0 Å². The molecular weight excluding hydrogens is 252 g/mol. The van der Waals surface area contributed by atoms with E-state index in [0.717, 1.165) is 24.2 Å². The number of phenols is 1. The minimum Gasteiger partial charge on any atom is -0.507 e. The molecule has 0 atom stereocenters. The number of hydrogen-bond donors (Lipinski definition) is 2. The Kier molecular flexibility index (Phi) is 8.04. The molecule has 1 nitrogen and oxygen atoms in total. The Morgan fingerprint density at radius 3 is 2.26 bits per heavy atom. The highest BCUT2D eigenvalue weighted by molar-refractivity contribution is 7.80. The lowest BCUT2D eigenvalue weighted by Gasteiger charge is -2.13. The zero-order chi connectivity index (χ0) is 14.1. The highest BCUT2D eigenvalue weighted by Gasteiger charge is 2.09. The normalized spacial score (nSPS) is 10.9. The van der Waals surface area contributed by atoms with Crippen LogP contribution in [0.3, 0.4) is 0 Å². The molecule has 0 aliphatic carbocycles. The van der Waals surface area contributed by atoms with E-state index < -0.39 is 0 Å². The summed E-state index contributed by atoms with van der Waals surface area (Å²) < 4.78 is 0. The minimum atomic E-state index is 0.323. The maximum absolute atomic E-state index is 9.79. The number of aromatic hydroxyl groups is 1. The molecule has 0 saturated carbocycles. The van der Waals surface area contributed by atoms with Crippen molar-refractivity contribution < 1.29 is 5.11 Å².